The van der Waals surface area contributed by atoms with Gasteiger partial charge in [0.25, 0.3) is 5.91 Å². The molecule has 0 aliphatic carbocycles. The predicted octanol–water partition coefficient (Wildman–Crippen LogP) is 1.73. The number of rotatable bonds is 4. The first-order valence-electron chi connectivity index (χ1n) is 7.58. The third kappa shape index (κ3) is 2.95. The molecule has 3 heterocycles. The van der Waals surface area contributed by atoms with Crippen molar-refractivity contribution in [2.45, 2.75) is 39.3 Å². The first-order valence-corrected chi connectivity index (χ1v) is 7.58. The molecule has 0 aromatic carbocycles. The summed E-state index contributed by atoms with van der Waals surface area (Å²) in [7, 11) is 0. The topological polar surface area (TPSA) is 69.0 Å². The Hall–Kier alpha value is -2.37. The van der Waals surface area contributed by atoms with Crippen molar-refractivity contribution in [1.29, 1.82) is 0 Å². The second kappa shape index (κ2) is 6.17. The number of carbonyl (C=O) groups excluding carboxylic acids is 1. The highest BCUT2D eigenvalue weighted by Gasteiger charge is 2.23. The molecule has 2 aromatic rings. The number of ether oxygens (including phenoxy) is 1. The molecule has 116 valence electrons. The van der Waals surface area contributed by atoms with Gasteiger partial charge in [0.05, 0.1) is 12.3 Å². The van der Waals surface area contributed by atoms with E-state index in [0.29, 0.717) is 18.1 Å². The highest BCUT2D eigenvalue weighted by Crippen LogP contribution is 2.18. The molecule has 1 aliphatic heterocycles. The smallest absolute Gasteiger partial charge is 0.257 e. The van der Waals surface area contributed by atoms with Crippen molar-refractivity contribution < 1.29 is 9.53 Å². The molecule has 2 aromatic heterocycles. The van der Waals surface area contributed by atoms with Gasteiger partial charge in [-0.25, -0.2) is 9.97 Å². The minimum atomic E-state index is -0.137. The van der Waals surface area contributed by atoms with Gasteiger partial charge in [0, 0.05) is 31.4 Å². The summed E-state index contributed by atoms with van der Waals surface area (Å²) in [4.78, 5) is 21.1. The van der Waals surface area contributed by atoms with Crippen LogP contribution in [0.1, 0.15) is 35.2 Å². The van der Waals surface area contributed by atoms with Crippen LogP contribution in [-0.4, -0.2) is 33.1 Å². The maximum atomic E-state index is 12.5. The second-order valence-corrected chi connectivity index (χ2v) is 5.45. The average molecular weight is 300 g/mol. The average Bonchev–Trinajstić information content (AvgIpc) is 2.87. The SMILES string of the molecule is CCOc1ncccc1C(=O)N[C@H]1CCc2nc(C)cn2C1. The van der Waals surface area contributed by atoms with Crippen molar-refractivity contribution in [1.82, 2.24) is 19.9 Å². The van der Waals surface area contributed by atoms with Crippen LogP contribution < -0.4 is 10.1 Å². The maximum Gasteiger partial charge on any atom is 0.257 e. The summed E-state index contributed by atoms with van der Waals surface area (Å²) in [5, 5.41) is 3.08. The van der Waals surface area contributed by atoms with Crippen LogP contribution in [0, 0.1) is 6.92 Å². The van der Waals surface area contributed by atoms with Gasteiger partial charge >= 0.3 is 0 Å². The van der Waals surface area contributed by atoms with Gasteiger partial charge in [-0.2, -0.15) is 0 Å². The number of carbonyl (C=O) groups is 1. The zero-order valence-electron chi connectivity index (χ0n) is 12.9. The Labute approximate surface area is 129 Å². The van der Waals surface area contributed by atoms with E-state index in [4.69, 9.17) is 4.74 Å². The molecule has 1 aliphatic rings. The van der Waals surface area contributed by atoms with Gasteiger partial charge in [0.15, 0.2) is 0 Å². The van der Waals surface area contributed by atoms with Crippen LogP contribution in [0.25, 0.3) is 0 Å². The van der Waals surface area contributed by atoms with Crippen LogP contribution in [-0.2, 0) is 13.0 Å². The van der Waals surface area contributed by atoms with Gasteiger partial charge in [0.2, 0.25) is 5.88 Å². The summed E-state index contributed by atoms with van der Waals surface area (Å²) in [5.74, 6) is 1.35. The molecule has 6 heteroatoms. The highest BCUT2D eigenvalue weighted by atomic mass is 16.5. The van der Waals surface area contributed by atoms with Crippen LogP contribution in [0.4, 0.5) is 0 Å². The van der Waals surface area contributed by atoms with E-state index in [1.54, 1.807) is 18.3 Å². The third-order valence-electron chi connectivity index (χ3n) is 3.75. The monoisotopic (exact) mass is 300 g/mol. The van der Waals surface area contributed by atoms with Gasteiger partial charge in [-0.05, 0) is 32.4 Å². The molecule has 0 unspecified atom stereocenters. The van der Waals surface area contributed by atoms with Crippen molar-refractivity contribution in [3.63, 3.8) is 0 Å². The summed E-state index contributed by atoms with van der Waals surface area (Å²) in [6.07, 6.45) is 5.43. The number of hydrogen-bond acceptors (Lipinski definition) is 4. The molecule has 0 radical (unpaired) electrons. The van der Waals surface area contributed by atoms with Gasteiger partial charge in [0.1, 0.15) is 11.4 Å². The van der Waals surface area contributed by atoms with Gasteiger partial charge in [-0.1, -0.05) is 0 Å². The number of pyridine rings is 1. The van der Waals surface area contributed by atoms with E-state index in [1.165, 1.54) is 0 Å². The lowest BCUT2D eigenvalue weighted by Crippen LogP contribution is -2.41. The zero-order valence-corrected chi connectivity index (χ0v) is 12.9. The predicted molar refractivity (Wildman–Crippen MR) is 81.9 cm³/mol. The lowest BCUT2D eigenvalue weighted by molar-refractivity contribution is 0.0923. The molecule has 22 heavy (non-hydrogen) atoms. The van der Waals surface area contributed by atoms with E-state index >= 15 is 0 Å². The van der Waals surface area contributed by atoms with Gasteiger partial charge < -0.3 is 14.6 Å². The Kier molecular flexibility index (Phi) is 4.09. The van der Waals surface area contributed by atoms with E-state index in [1.807, 2.05) is 20.0 Å². The fourth-order valence-corrected chi connectivity index (χ4v) is 2.78. The minimum absolute atomic E-state index is 0.100. The Morgan fingerprint density at radius 1 is 1.55 bits per heavy atom. The number of aryl methyl sites for hydroxylation is 2. The van der Waals surface area contributed by atoms with Crippen molar-refractivity contribution in [2.75, 3.05) is 6.61 Å². The van der Waals surface area contributed by atoms with Crippen molar-refractivity contribution in [2.24, 2.45) is 0 Å². The van der Waals surface area contributed by atoms with Crippen molar-refractivity contribution in [3.05, 3.63) is 41.6 Å². The maximum absolute atomic E-state index is 12.5. The molecule has 1 atom stereocenters. The first-order chi connectivity index (χ1) is 10.7. The fraction of sp³-hybridized carbons (Fsp3) is 0.438. The number of fused-ring (bicyclic) bond motifs is 1. The molecule has 1 amide bonds. The standard InChI is InChI=1S/C16H20N4O2/c1-3-22-16-13(5-4-8-17-16)15(21)19-12-6-7-14-18-11(2)9-20(14)10-12/h4-5,8-9,12H,3,6-7,10H2,1-2H3,(H,19,21)/t12-/m0/s1. The Morgan fingerprint density at radius 2 is 2.41 bits per heavy atom. The van der Waals surface area contributed by atoms with Gasteiger partial charge in [-0.15, -0.1) is 0 Å². The Morgan fingerprint density at radius 3 is 3.23 bits per heavy atom. The molecule has 6 nitrogen and oxygen atoms in total. The molecule has 0 saturated carbocycles. The van der Waals surface area contributed by atoms with Crippen molar-refractivity contribution in [3.8, 4) is 5.88 Å². The summed E-state index contributed by atoms with van der Waals surface area (Å²) < 4.78 is 7.54. The molecular formula is C16H20N4O2. The second-order valence-electron chi connectivity index (χ2n) is 5.45. The summed E-state index contributed by atoms with van der Waals surface area (Å²) in [5.41, 5.74) is 1.50. The molecule has 0 bridgehead atoms. The number of aromatic nitrogens is 3. The number of nitrogens with one attached hydrogen (secondary N) is 1. The van der Waals surface area contributed by atoms with Crippen LogP contribution >= 0.6 is 0 Å². The Balaban J connectivity index is 1.70. The van der Waals surface area contributed by atoms with E-state index in [0.717, 1.165) is 30.9 Å². The van der Waals surface area contributed by atoms with E-state index in [-0.39, 0.29) is 11.9 Å². The highest BCUT2D eigenvalue weighted by molar-refractivity contribution is 5.96. The quantitative estimate of drug-likeness (QED) is 0.933. The Bertz CT molecular complexity index is 681. The van der Waals surface area contributed by atoms with Crippen molar-refractivity contribution >= 4 is 5.91 Å². The summed E-state index contributed by atoms with van der Waals surface area (Å²) in [6, 6.07) is 3.58. The van der Waals surface area contributed by atoms with Crippen LogP contribution in [0.2, 0.25) is 0 Å². The van der Waals surface area contributed by atoms with E-state index in [9.17, 15) is 4.79 Å². The largest absolute Gasteiger partial charge is 0.477 e. The van der Waals surface area contributed by atoms with E-state index in [2.05, 4.69) is 19.9 Å². The zero-order chi connectivity index (χ0) is 15.5. The van der Waals surface area contributed by atoms with Gasteiger partial charge in [-0.3, -0.25) is 4.79 Å². The summed E-state index contributed by atoms with van der Waals surface area (Å²) >= 11 is 0. The van der Waals surface area contributed by atoms with Crippen LogP contribution in [0.3, 0.4) is 0 Å². The molecule has 0 spiro atoms. The normalized spacial score (nSPS) is 16.9. The number of hydrogen-bond donors (Lipinski definition) is 1. The minimum Gasteiger partial charge on any atom is -0.477 e. The number of amides is 1. The van der Waals surface area contributed by atoms with Crippen LogP contribution in [0.5, 0.6) is 5.88 Å². The number of nitrogens with zero attached hydrogens (tertiary/aromatic N) is 3. The number of imidazole rings is 1. The van der Waals surface area contributed by atoms with Crippen LogP contribution in [0.15, 0.2) is 24.5 Å². The first kappa shape index (κ1) is 14.6. The lowest BCUT2D eigenvalue weighted by atomic mass is 10.1. The lowest BCUT2D eigenvalue weighted by Gasteiger charge is -2.24. The molecule has 0 saturated heterocycles. The third-order valence-corrected chi connectivity index (χ3v) is 3.75. The molecule has 3 rings (SSSR count). The summed E-state index contributed by atoms with van der Waals surface area (Å²) in [6.45, 7) is 5.11. The molecular weight excluding hydrogens is 280 g/mol. The molecule has 1 N–H and O–H groups in total. The molecule has 0 fully saturated rings. The fourth-order valence-electron chi connectivity index (χ4n) is 2.78. The van der Waals surface area contributed by atoms with E-state index < -0.39 is 0 Å².